The van der Waals surface area contributed by atoms with E-state index in [1.807, 2.05) is 54.6 Å². The van der Waals surface area contributed by atoms with E-state index in [1.54, 1.807) is 104 Å². The molecule has 0 bridgehead atoms. The quantitative estimate of drug-likeness (QED) is 0.0168. The molecule has 3 aliphatic heterocycles. The van der Waals surface area contributed by atoms with Crippen molar-refractivity contribution in [3.05, 3.63) is 235 Å². The first kappa shape index (κ1) is 84.4. The summed E-state index contributed by atoms with van der Waals surface area (Å²) in [5, 5.41) is 69.4. The standard InChI is InChI=1S/C27H29NO6.C25H22O8.C20H20O7.C17H16O7/c1-30-21-11-10-19(14-22(21)34-17-18-8-6-5-7-9-18)16-28-13-12-20-15-23(31-2)25(32-3)26(33-4)24(20)27(28)29;1-30-17-9-8-14(11-18(17)33-25(29)15-6-4-3-5-7-15)10-16-13-32-19-12-20(31-2)23(27)24(28)21(19)22(16)26;1-23-14-6-5-11(8-13(14)21)7-12-10-27-15-9-16(24-2)19(25-3)20(26-4)17(15)18(12)22;1-23-12-3-2-8(5-10(12)18)4-9-7-24-13-6-11(19)16(21)17(22)14(13)15(9)20/h5-11,14-15H,12-13,16-17H2,1-4H3;3-9,11-12,16,27-28H,10,13H2,1-2H3;5-6,8-10,21H,7H2,1-4H3;2-3,5-6,9,18-19,21-22H,4,7H2,1H3. The molecule has 1 amide bonds. The number of benzene rings is 10. The van der Waals surface area contributed by atoms with Gasteiger partial charge in [-0.1, -0.05) is 72.8 Å². The molecule has 2 unspecified atom stereocenters. The minimum Gasteiger partial charge on any atom is -0.504 e. The van der Waals surface area contributed by atoms with Crippen LogP contribution in [0.15, 0.2) is 173 Å². The number of ketones is 2. The number of hydrogen-bond donors (Lipinski definition) is 7. The molecule has 4 heterocycles. The third kappa shape index (κ3) is 18.3. The molecule has 14 rings (SSSR count). The molecule has 10 aromatic carbocycles. The van der Waals surface area contributed by atoms with Gasteiger partial charge in [0, 0.05) is 43.3 Å². The molecule has 0 fully saturated rings. The van der Waals surface area contributed by atoms with Crippen LogP contribution in [0.3, 0.4) is 0 Å². The van der Waals surface area contributed by atoms with Gasteiger partial charge in [-0.25, -0.2) is 4.79 Å². The summed E-state index contributed by atoms with van der Waals surface area (Å²) in [5.74, 6) is -0.693. The number of nitrogens with zero attached hydrogens (tertiary/aromatic N) is 1. The maximum Gasteiger partial charge on any atom is 0.343 e. The van der Waals surface area contributed by atoms with Gasteiger partial charge >= 0.3 is 5.97 Å². The molecule has 118 heavy (non-hydrogen) atoms. The zero-order valence-corrected chi connectivity index (χ0v) is 66.3. The first-order valence-electron chi connectivity index (χ1n) is 36.6. The first-order chi connectivity index (χ1) is 57.0. The number of rotatable bonds is 24. The average Bonchev–Trinajstić information content (AvgIpc) is 0.778. The minimum atomic E-state index is -0.756. The lowest BCUT2D eigenvalue weighted by Gasteiger charge is -2.31. The highest BCUT2D eigenvalue weighted by molar-refractivity contribution is 6.06. The molecule has 2 atom stereocenters. The zero-order valence-electron chi connectivity index (χ0n) is 66.3. The molecule has 29 nitrogen and oxygen atoms in total. The van der Waals surface area contributed by atoms with E-state index in [-0.39, 0.29) is 106 Å². The lowest BCUT2D eigenvalue weighted by molar-refractivity contribution is 0.0716. The summed E-state index contributed by atoms with van der Waals surface area (Å²) < 4.78 is 86.6. The summed E-state index contributed by atoms with van der Waals surface area (Å²) in [7, 11) is 16.4. The highest BCUT2D eigenvalue weighted by Gasteiger charge is 2.38. The van der Waals surface area contributed by atoms with Gasteiger partial charge in [-0.2, -0.15) is 0 Å². The molecule has 0 radical (unpaired) electrons. The van der Waals surface area contributed by atoms with Gasteiger partial charge in [0.05, 0.1) is 121 Å². The molecule has 7 N–H and O–H groups in total. The van der Waals surface area contributed by atoms with E-state index in [0.717, 1.165) is 28.3 Å². The van der Waals surface area contributed by atoms with E-state index in [1.165, 1.54) is 82.4 Å². The molecule has 0 aliphatic carbocycles. The van der Waals surface area contributed by atoms with E-state index < -0.39 is 52.3 Å². The van der Waals surface area contributed by atoms with Gasteiger partial charge in [-0.15, -0.1) is 0 Å². The summed E-state index contributed by atoms with van der Waals surface area (Å²) in [5.41, 5.74) is 6.19. The normalized spacial score (nSPS) is 13.6. The minimum absolute atomic E-state index is 0.00385. The van der Waals surface area contributed by atoms with Crippen molar-refractivity contribution in [2.75, 3.05) is 98.0 Å². The van der Waals surface area contributed by atoms with Crippen LogP contribution in [0.25, 0.3) is 11.0 Å². The molecule has 0 spiro atoms. The van der Waals surface area contributed by atoms with Crippen molar-refractivity contribution in [1.82, 2.24) is 4.90 Å². The van der Waals surface area contributed by atoms with Crippen molar-refractivity contribution in [2.45, 2.75) is 38.8 Å². The molecular weight excluding hydrogens is 1530 g/mol. The summed E-state index contributed by atoms with van der Waals surface area (Å²) >= 11 is 0. The molecule has 0 saturated heterocycles. The van der Waals surface area contributed by atoms with Gasteiger partial charge in [-0.05, 0) is 119 Å². The summed E-state index contributed by atoms with van der Waals surface area (Å²) in [4.78, 5) is 66.5. The molecule has 0 saturated carbocycles. The number of esters is 1. The van der Waals surface area contributed by atoms with Crippen LogP contribution in [0.5, 0.6) is 126 Å². The predicted octanol–water partition coefficient (Wildman–Crippen LogP) is 13.3. The van der Waals surface area contributed by atoms with Crippen molar-refractivity contribution in [1.29, 1.82) is 0 Å². The second-order valence-corrected chi connectivity index (χ2v) is 26.7. The van der Waals surface area contributed by atoms with Crippen LogP contribution in [0.2, 0.25) is 0 Å². The Labute approximate surface area is 677 Å². The Kier molecular flexibility index (Phi) is 27.2. The van der Waals surface area contributed by atoms with Crippen molar-refractivity contribution in [2.24, 2.45) is 11.8 Å². The summed E-state index contributed by atoms with van der Waals surface area (Å²) in [6.45, 7) is 1.57. The lowest BCUT2D eigenvalue weighted by atomic mass is 9.88. The number of carbonyl (C=O) groups excluding carboxylic acids is 4. The lowest BCUT2D eigenvalue weighted by Crippen LogP contribution is -2.37. The van der Waals surface area contributed by atoms with E-state index in [0.29, 0.717) is 117 Å². The SMILES string of the molecule is COc1ccc(CC2COc3cc(O)c(O)c(O)c3C2=O)cc1O.COc1ccc(CC2COc3cc(OC)c(O)c(O)c3C2=O)cc1OC(=O)c1ccccc1.COc1ccc(CN2CCc3cc(OC)c(OC)c(OC)c3C2=O)cc1OCc1ccccc1.COc1ccc(Cc2coc3cc(OC)c(OC)c(OC)c3c2=O)cc1O. The van der Waals surface area contributed by atoms with Gasteiger partial charge in [-0.3, -0.25) is 19.2 Å². The van der Waals surface area contributed by atoms with Crippen LogP contribution < -0.4 is 76.5 Å². The van der Waals surface area contributed by atoms with E-state index in [4.69, 9.17) is 75.5 Å². The van der Waals surface area contributed by atoms with E-state index >= 15 is 0 Å². The Morgan fingerprint density at radius 1 is 0.424 bits per heavy atom. The molecule has 11 aromatic rings. The second kappa shape index (κ2) is 38.1. The number of aromatic hydroxyl groups is 7. The molecule has 3 aliphatic rings. The third-order valence-electron chi connectivity index (χ3n) is 19.6. The third-order valence-corrected chi connectivity index (χ3v) is 19.6. The van der Waals surface area contributed by atoms with Crippen molar-refractivity contribution in [3.63, 3.8) is 0 Å². The number of carbonyl (C=O) groups is 4. The number of fused-ring (bicyclic) bond motifs is 4. The maximum absolute atomic E-state index is 13.5. The van der Waals surface area contributed by atoms with Gasteiger partial charge < -0.3 is 116 Å². The van der Waals surface area contributed by atoms with Gasteiger partial charge in [0.1, 0.15) is 40.2 Å². The van der Waals surface area contributed by atoms with Crippen molar-refractivity contribution < 1.29 is 130 Å². The van der Waals surface area contributed by atoms with Crippen LogP contribution in [0.4, 0.5) is 0 Å². The second-order valence-electron chi connectivity index (χ2n) is 26.7. The van der Waals surface area contributed by atoms with Crippen LogP contribution in [-0.4, -0.2) is 162 Å². The number of phenolic OH excluding ortho intramolecular Hbond substituents is 7. The maximum atomic E-state index is 13.5. The molecule has 1 aromatic heterocycles. The largest absolute Gasteiger partial charge is 0.504 e. The van der Waals surface area contributed by atoms with E-state index in [9.17, 15) is 59.7 Å². The Morgan fingerprint density at radius 2 is 0.915 bits per heavy atom. The van der Waals surface area contributed by atoms with Crippen LogP contribution in [0, 0.1) is 11.8 Å². The summed E-state index contributed by atoms with van der Waals surface area (Å²) in [6.07, 6.45) is 2.89. The Morgan fingerprint density at radius 3 is 1.48 bits per heavy atom. The monoisotopic (exact) mass is 1620 g/mol. The smallest absolute Gasteiger partial charge is 0.343 e. The molecular formula is C89H87NO28. The highest BCUT2D eigenvalue weighted by atomic mass is 16.6. The first-order valence-corrected chi connectivity index (χ1v) is 36.6. The Bertz CT molecular complexity index is 5570. The topological polar surface area (TPSA) is 382 Å². The van der Waals surface area contributed by atoms with Gasteiger partial charge in [0.15, 0.2) is 109 Å². The number of methoxy groups -OCH3 is 11. The number of ether oxygens (including phenoxy) is 15. The van der Waals surface area contributed by atoms with E-state index in [2.05, 4.69) is 0 Å². The Balaban J connectivity index is 0.000000156. The molecule has 29 heteroatoms. The van der Waals surface area contributed by atoms with Crippen LogP contribution in [0.1, 0.15) is 80.4 Å². The fourth-order valence-corrected chi connectivity index (χ4v) is 13.6. The van der Waals surface area contributed by atoms with Crippen molar-refractivity contribution in [3.8, 4) is 126 Å². The zero-order chi connectivity index (χ0) is 84.6. The van der Waals surface area contributed by atoms with Crippen LogP contribution in [-0.2, 0) is 38.8 Å². The summed E-state index contributed by atoms with van der Waals surface area (Å²) in [6, 6.07) is 45.0. The van der Waals surface area contributed by atoms with Gasteiger partial charge in [0.2, 0.25) is 23.0 Å². The molecule has 616 valence electrons. The Hall–Kier alpha value is -14.5. The number of phenols is 7. The highest BCUT2D eigenvalue weighted by Crippen LogP contribution is 2.50. The average molecular weight is 1620 g/mol. The predicted molar refractivity (Wildman–Crippen MR) is 429 cm³/mol. The fourth-order valence-electron chi connectivity index (χ4n) is 13.6. The number of amides is 1. The van der Waals surface area contributed by atoms with Crippen LogP contribution >= 0.6 is 0 Å². The fraction of sp³-hybridized carbons (Fsp3) is 0.247. The van der Waals surface area contributed by atoms with Crippen molar-refractivity contribution >= 4 is 34.4 Å². The number of Topliss-reactive ketones (excluding diaryl/α,β-unsaturated/α-hetero) is 2. The van der Waals surface area contributed by atoms with Gasteiger partial charge in [0.25, 0.3) is 5.91 Å². The number of hydrogen-bond acceptors (Lipinski definition) is 28.